The number of hydrogen-bond donors (Lipinski definition) is 1. The molecule has 1 rings (SSSR count). The molecular weight excluding hydrogens is 256 g/mol. The van der Waals surface area contributed by atoms with Crippen molar-refractivity contribution < 1.29 is 24.2 Å². The molecule has 0 saturated carbocycles. The Morgan fingerprint density at radius 2 is 2.43 bits per heavy atom. The molecule has 0 aromatic heterocycles. The second kappa shape index (κ2) is 4.56. The van der Waals surface area contributed by atoms with Crippen LogP contribution >= 0.6 is 15.9 Å². The molecule has 5 nitrogen and oxygen atoms in total. The maximum absolute atomic E-state index is 11.0. The average molecular weight is 265 g/mol. The zero-order chi connectivity index (χ0) is 10.7. The Bertz CT molecular complexity index is 285. The Labute approximate surface area is 88.8 Å². The number of cyclic esters (lactones) is 1. The molecule has 1 aliphatic heterocycles. The number of ether oxygens (including phenoxy) is 2. The van der Waals surface area contributed by atoms with Gasteiger partial charge in [-0.3, -0.25) is 4.79 Å². The van der Waals surface area contributed by atoms with Crippen molar-refractivity contribution in [1.29, 1.82) is 0 Å². The predicted octanol–water partition coefficient (Wildman–Crippen LogP) is 0.115. The van der Waals surface area contributed by atoms with Crippen LogP contribution in [0, 0.1) is 0 Å². The fourth-order valence-electron chi connectivity index (χ4n) is 0.921. The Balaban J connectivity index is 2.56. The number of aliphatic hydroxyl groups is 1. The van der Waals surface area contributed by atoms with Crippen LogP contribution in [-0.2, 0) is 19.1 Å². The first-order valence-corrected chi connectivity index (χ1v) is 4.69. The summed E-state index contributed by atoms with van der Waals surface area (Å²) >= 11 is 2.92. The van der Waals surface area contributed by atoms with Gasteiger partial charge in [-0.15, -0.1) is 0 Å². The van der Waals surface area contributed by atoms with E-state index in [2.05, 4.69) is 20.7 Å². The van der Waals surface area contributed by atoms with Crippen LogP contribution in [0.4, 0.5) is 0 Å². The number of carbonyl (C=O) groups is 2. The van der Waals surface area contributed by atoms with E-state index in [4.69, 9.17) is 4.74 Å². The average Bonchev–Trinajstić information content (AvgIpc) is 2.09. The molecule has 0 bridgehead atoms. The summed E-state index contributed by atoms with van der Waals surface area (Å²) in [5.41, 5.74) is 0. The second-order valence-electron chi connectivity index (χ2n) is 2.75. The smallest absolute Gasteiger partial charge is 0.345 e. The van der Waals surface area contributed by atoms with Gasteiger partial charge >= 0.3 is 11.9 Å². The van der Waals surface area contributed by atoms with Gasteiger partial charge in [0.2, 0.25) is 0 Å². The lowest BCUT2D eigenvalue weighted by Gasteiger charge is -2.24. The second-order valence-corrected chi connectivity index (χ2v) is 3.61. The Morgan fingerprint density at radius 1 is 1.79 bits per heavy atom. The van der Waals surface area contributed by atoms with Gasteiger partial charge in [-0.2, -0.15) is 0 Å². The van der Waals surface area contributed by atoms with Gasteiger partial charge in [0.1, 0.15) is 17.2 Å². The third-order valence-corrected chi connectivity index (χ3v) is 2.19. The van der Waals surface area contributed by atoms with Crippen LogP contribution in [0.3, 0.4) is 0 Å². The van der Waals surface area contributed by atoms with Gasteiger partial charge in [0.15, 0.2) is 6.10 Å². The van der Waals surface area contributed by atoms with Gasteiger partial charge in [0, 0.05) is 6.92 Å². The minimum Gasteiger partial charge on any atom is -0.462 e. The van der Waals surface area contributed by atoms with E-state index in [1.807, 2.05) is 0 Å². The molecule has 1 aliphatic rings. The largest absolute Gasteiger partial charge is 0.462 e. The number of carbonyl (C=O) groups excluding carboxylic acids is 2. The molecule has 0 radical (unpaired) electrons. The maximum Gasteiger partial charge on any atom is 0.345 e. The first-order chi connectivity index (χ1) is 6.50. The van der Waals surface area contributed by atoms with Crippen LogP contribution in [0.5, 0.6) is 0 Å². The highest BCUT2D eigenvalue weighted by molar-refractivity contribution is 9.12. The first kappa shape index (κ1) is 11.2. The summed E-state index contributed by atoms with van der Waals surface area (Å²) < 4.78 is 9.56. The van der Waals surface area contributed by atoms with Crippen molar-refractivity contribution in [1.82, 2.24) is 0 Å². The molecule has 1 N–H and O–H groups in total. The van der Waals surface area contributed by atoms with Crippen molar-refractivity contribution in [2.45, 2.75) is 19.1 Å². The molecule has 0 saturated heterocycles. The molecule has 0 aliphatic carbocycles. The normalized spacial score (nSPS) is 26.5. The van der Waals surface area contributed by atoms with Crippen LogP contribution in [0.1, 0.15) is 6.92 Å². The summed E-state index contributed by atoms with van der Waals surface area (Å²) in [5.74, 6) is -1.06. The third-order valence-electron chi connectivity index (χ3n) is 1.60. The van der Waals surface area contributed by atoms with Crippen molar-refractivity contribution in [3.8, 4) is 0 Å². The van der Waals surface area contributed by atoms with Crippen molar-refractivity contribution >= 4 is 27.9 Å². The van der Waals surface area contributed by atoms with E-state index >= 15 is 0 Å². The van der Waals surface area contributed by atoms with Gasteiger partial charge < -0.3 is 14.6 Å². The summed E-state index contributed by atoms with van der Waals surface area (Å²) in [6.07, 6.45) is -0.478. The summed E-state index contributed by atoms with van der Waals surface area (Å²) in [6.45, 7) is 1.10. The van der Waals surface area contributed by atoms with Crippen LogP contribution in [0.2, 0.25) is 0 Å². The molecule has 0 spiro atoms. The maximum atomic E-state index is 11.0. The minimum absolute atomic E-state index is 0.140. The van der Waals surface area contributed by atoms with Crippen LogP contribution in [0.25, 0.3) is 0 Å². The van der Waals surface area contributed by atoms with E-state index in [1.54, 1.807) is 0 Å². The number of esters is 2. The molecule has 0 amide bonds. The van der Waals surface area contributed by atoms with Crippen molar-refractivity contribution in [2.24, 2.45) is 0 Å². The van der Waals surface area contributed by atoms with Crippen LogP contribution < -0.4 is 0 Å². The number of hydrogen-bond acceptors (Lipinski definition) is 5. The standard InChI is InChI=1S/C8H9BrO5/c1-4(10)13-3-7-6(11)2-5(9)8(12)14-7/h2,6-7,11H,3H2,1H3/t6-,7?/m0/s1. The molecule has 2 atom stereocenters. The minimum atomic E-state index is -0.957. The highest BCUT2D eigenvalue weighted by Crippen LogP contribution is 2.19. The molecule has 1 unspecified atom stereocenters. The van der Waals surface area contributed by atoms with E-state index < -0.39 is 24.1 Å². The van der Waals surface area contributed by atoms with Crippen molar-refractivity contribution in [3.63, 3.8) is 0 Å². The van der Waals surface area contributed by atoms with Gasteiger partial charge in [-0.05, 0) is 22.0 Å². The zero-order valence-corrected chi connectivity index (χ0v) is 8.98. The molecule has 1 heterocycles. The topological polar surface area (TPSA) is 72.8 Å². The Kier molecular flexibility index (Phi) is 3.65. The lowest BCUT2D eigenvalue weighted by molar-refractivity contribution is -0.161. The van der Waals surface area contributed by atoms with E-state index in [9.17, 15) is 14.7 Å². The fraction of sp³-hybridized carbons (Fsp3) is 0.500. The summed E-state index contributed by atoms with van der Waals surface area (Å²) in [7, 11) is 0. The highest BCUT2D eigenvalue weighted by atomic mass is 79.9. The fourth-order valence-corrected chi connectivity index (χ4v) is 1.29. The van der Waals surface area contributed by atoms with E-state index in [0.717, 1.165) is 0 Å². The summed E-state index contributed by atoms with van der Waals surface area (Å²) in [5, 5.41) is 9.40. The van der Waals surface area contributed by atoms with E-state index in [-0.39, 0.29) is 11.1 Å². The van der Waals surface area contributed by atoms with Gasteiger partial charge in [-0.25, -0.2) is 4.79 Å². The molecule has 0 aromatic rings. The lowest BCUT2D eigenvalue weighted by Crippen LogP contribution is -2.38. The number of aliphatic hydroxyl groups excluding tert-OH is 1. The third kappa shape index (κ3) is 2.81. The van der Waals surface area contributed by atoms with E-state index in [1.165, 1.54) is 13.0 Å². The van der Waals surface area contributed by atoms with Gasteiger partial charge in [0.05, 0.1) is 0 Å². The van der Waals surface area contributed by atoms with Gasteiger partial charge in [-0.1, -0.05) is 0 Å². The summed E-state index contributed by atoms with van der Waals surface area (Å²) in [4.78, 5) is 21.5. The molecule has 0 aromatic carbocycles. The first-order valence-electron chi connectivity index (χ1n) is 3.90. The number of halogens is 1. The van der Waals surface area contributed by atoms with Crippen LogP contribution in [0.15, 0.2) is 10.6 Å². The lowest BCUT2D eigenvalue weighted by atomic mass is 10.1. The molecule has 14 heavy (non-hydrogen) atoms. The Hall–Kier alpha value is -0.880. The quantitative estimate of drug-likeness (QED) is 0.717. The molecule has 6 heteroatoms. The Morgan fingerprint density at radius 3 is 3.00 bits per heavy atom. The SMILES string of the molecule is CC(=O)OCC1OC(=O)C(Br)=C[C@@H]1O. The van der Waals surface area contributed by atoms with E-state index in [0.29, 0.717) is 0 Å². The van der Waals surface area contributed by atoms with Gasteiger partial charge in [0.25, 0.3) is 0 Å². The zero-order valence-electron chi connectivity index (χ0n) is 7.40. The monoisotopic (exact) mass is 264 g/mol. The molecule has 78 valence electrons. The molecule has 0 fully saturated rings. The number of rotatable bonds is 2. The molecular formula is C8H9BrO5. The highest BCUT2D eigenvalue weighted by Gasteiger charge is 2.29. The summed E-state index contributed by atoms with van der Waals surface area (Å²) in [6, 6.07) is 0. The van der Waals surface area contributed by atoms with Crippen LogP contribution in [-0.4, -0.2) is 35.9 Å². The van der Waals surface area contributed by atoms with Crippen molar-refractivity contribution in [3.05, 3.63) is 10.6 Å². The predicted molar refractivity (Wildman–Crippen MR) is 49.5 cm³/mol. The van der Waals surface area contributed by atoms with Crippen molar-refractivity contribution in [2.75, 3.05) is 6.61 Å².